The minimum absolute atomic E-state index is 0.172. The summed E-state index contributed by atoms with van der Waals surface area (Å²) in [6, 6.07) is 10.7. The van der Waals surface area contributed by atoms with Crippen LogP contribution in [0.15, 0.2) is 42.5 Å². The fourth-order valence-electron chi connectivity index (χ4n) is 4.54. The number of ether oxygens (including phenoxy) is 3. The number of hydrogen-bond donors (Lipinski definition) is 2. The molecule has 2 heterocycles. The first-order chi connectivity index (χ1) is 21.5. The smallest absolute Gasteiger partial charge is 0.411 e. The van der Waals surface area contributed by atoms with E-state index < -0.39 is 35.6 Å². The molecule has 2 aromatic rings. The Hall–Kier alpha value is -2.74. The van der Waals surface area contributed by atoms with Crippen LogP contribution in [0, 0.1) is 0 Å². The van der Waals surface area contributed by atoms with Crippen molar-refractivity contribution in [2.45, 2.75) is 51.5 Å². The summed E-state index contributed by atoms with van der Waals surface area (Å²) in [5.74, 6) is 0.328. The number of amides is 3. The van der Waals surface area contributed by atoms with E-state index in [2.05, 4.69) is 15.7 Å². The maximum atomic E-state index is 13.5. The third-order valence-corrected chi connectivity index (χ3v) is 8.78. The first-order valence-corrected chi connectivity index (χ1v) is 16.7. The van der Waals surface area contributed by atoms with Gasteiger partial charge in [-0.2, -0.15) is 0 Å². The molecule has 45 heavy (non-hydrogen) atoms. The SMILES string of the molecule is CC(C)(C)ONC(=O)C(Cc1ccc(OCc2c(Cl)cccc2Cl)cc1)NC(=O)C1CSCN1C(=O)OCCN1CCOCC1. The van der Waals surface area contributed by atoms with Crippen molar-refractivity contribution in [2.24, 2.45) is 0 Å². The first-order valence-electron chi connectivity index (χ1n) is 14.7. The number of thioether (sulfide) groups is 1. The molecule has 2 saturated heterocycles. The van der Waals surface area contributed by atoms with Crippen LogP contribution >= 0.6 is 35.0 Å². The second-order valence-electron chi connectivity index (χ2n) is 11.6. The van der Waals surface area contributed by atoms with Crippen molar-refractivity contribution < 1.29 is 33.4 Å². The molecule has 0 aromatic heterocycles. The minimum Gasteiger partial charge on any atom is -0.489 e. The molecule has 0 spiro atoms. The van der Waals surface area contributed by atoms with E-state index in [4.69, 9.17) is 42.3 Å². The predicted molar refractivity (Wildman–Crippen MR) is 173 cm³/mol. The summed E-state index contributed by atoms with van der Waals surface area (Å²) in [7, 11) is 0. The van der Waals surface area contributed by atoms with Crippen LogP contribution < -0.4 is 15.5 Å². The summed E-state index contributed by atoms with van der Waals surface area (Å²) in [5, 5.41) is 3.86. The predicted octanol–water partition coefficient (Wildman–Crippen LogP) is 4.29. The van der Waals surface area contributed by atoms with Gasteiger partial charge >= 0.3 is 6.09 Å². The van der Waals surface area contributed by atoms with Crippen molar-refractivity contribution in [3.63, 3.8) is 0 Å². The number of nitrogens with zero attached hydrogens (tertiary/aromatic N) is 2. The number of hydrogen-bond acceptors (Lipinski definition) is 9. The zero-order valence-corrected chi connectivity index (χ0v) is 28.0. The molecular weight excluding hydrogens is 643 g/mol. The van der Waals surface area contributed by atoms with Crippen LogP contribution in [0.5, 0.6) is 5.75 Å². The van der Waals surface area contributed by atoms with Gasteiger partial charge in [-0.15, -0.1) is 11.8 Å². The number of rotatable bonds is 12. The van der Waals surface area contributed by atoms with Crippen LogP contribution in [0.2, 0.25) is 10.0 Å². The largest absolute Gasteiger partial charge is 0.489 e. The normalized spacial score (nSPS) is 17.9. The molecule has 0 saturated carbocycles. The average Bonchev–Trinajstić information content (AvgIpc) is 3.51. The van der Waals surface area contributed by atoms with Crippen LogP contribution in [-0.4, -0.2) is 96.5 Å². The van der Waals surface area contributed by atoms with Crippen LogP contribution in [-0.2, 0) is 36.9 Å². The number of nitrogens with one attached hydrogen (secondary N) is 2. The van der Waals surface area contributed by atoms with Gasteiger partial charge in [-0.05, 0) is 50.6 Å². The molecule has 2 aromatic carbocycles. The molecule has 2 aliphatic heterocycles. The van der Waals surface area contributed by atoms with E-state index in [1.54, 1.807) is 51.1 Å². The Labute approximate surface area is 278 Å². The van der Waals surface area contributed by atoms with Crippen LogP contribution in [0.25, 0.3) is 0 Å². The second kappa shape index (κ2) is 16.7. The number of hydroxylamine groups is 1. The summed E-state index contributed by atoms with van der Waals surface area (Å²) in [6.07, 6.45) is -0.384. The molecule has 4 rings (SSSR count). The van der Waals surface area contributed by atoms with E-state index in [0.717, 1.165) is 18.7 Å². The van der Waals surface area contributed by atoms with Crippen molar-refractivity contribution >= 4 is 52.9 Å². The van der Waals surface area contributed by atoms with Gasteiger partial charge in [0.25, 0.3) is 5.91 Å². The third kappa shape index (κ3) is 10.9. The van der Waals surface area contributed by atoms with Gasteiger partial charge in [-0.25, -0.2) is 10.3 Å². The van der Waals surface area contributed by atoms with Gasteiger partial charge in [0.1, 0.15) is 31.0 Å². The number of halogens is 2. The average molecular weight is 684 g/mol. The number of morpholine rings is 1. The molecule has 2 atom stereocenters. The molecule has 2 fully saturated rings. The molecule has 14 heteroatoms. The highest BCUT2D eigenvalue weighted by Crippen LogP contribution is 2.26. The molecule has 246 valence electrons. The monoisotopic (exact) mass is 682 g/mol. The number of carbonyl (C=O) groups is 3. The van der Waals surface area contributed by atoms with Gasteiger partial charge in [0.2, 0.25) is 5.91 Å². The van der Waals surface area contributed by atoms with Gasteiger partial charge in [-0.1, -0.05) is 41.4 Å². The van der Waals surface area contributed by atoms with Gasteiger partial charge in [0, 0.05) is 47.4 Å². The zero-order chi connectivity index (χ0) is 32.4. The molecule has 0 aliphatic carbocycles. The Bertz CT molecular complexity index is 1290. The van der Waals surface area contributed by atoms with Gasteiger partial charge in [0.15, 0.2) is 0 Å². The van der Waals surface area contributed by atoms with Crippen molar-refractivity contribution in [1.29, 1.82) is 0 Å². The number of carbonyl (C=O) groups excluding carboxylic acids is 3. The third-order valence-electron chi connectivity index (χ3n) is 7.06. The number of benzene rings is 2. The molecule has 3 amide bonds. The van der Waals surface area contributed by atoms with Crippen molar-refractivity contribution in [1.82, 2.24) is 20.6 Å². The molecule has 2 unspecified atom stereocenters. The van der Waals surface area contributed by atoms with Crippen molar-refractivity contribution in [3.8, 4) is 5.75 Å². The summed E-state index contributed by atoms with van der Waals surface area (Å²) in [5.41, 5.74) is 3.28. The summed E-state index contributed by atoms with van der Waals surface area (Å²) in [6.45, 7) is 9.30. The van der Waals surface area contributed by atoms with E-state index in [1.807, 2.05) is 12.1 Å². The highest BCUT2D eigenvalue weighted by molar-refractivity contribution is 7.99. The fourth-order valence-corrected chi connectivity index (χ4v) is 6.19. The first kappa shape index (κ1) is 35.1. The highest BCUT2D eigenvalue weighted by Gasteiger charge is 2.37. The van der Waals surface area contributed by atoms with Gasteiger partial charge < -0.3 is 19.5 Å². The lowest BCUT2D eigenvalue weighted by Gasteiger charge is -2.28. The van der Waals surface area contributed by atoms with Crippen molar-refractivity contribution in [2.75, 3.05) is 51.1 Å². The van der Waals surface area contributed by atoms with E-state index in [9.17, 15) is 14.4 Å². The molecule has 0 radical (unpaired) electrons. The van der Waals surface area contributed by atoms with E-state index in [-0.39, 0.29) is 19.6 Å². The minimum atomic E-state index is -0.974. The lowest BCUT2D eigenvalue weighted by Crippen LogP contribution is -2.55. The Balaban J connectivity index is 1.37. The van der Waals surface area contributed by atoms with E-state index in [0.29, 0.717) is 52.7 Å². The van der Waals surface area contributed by atoms with Gasteiger partial charge in [0.05, 0.1) is 24.7 Å². The summed E-state index contributed by atoms with van der Waals surface area (Å²) in [4.78, 5) is 48.6. The maximum absolute atomic E-state index is 13.5. The molecular formula is C31H40Cl2N4O7S. The lowest BCUT2D eigenvalue weighted by molar-refractivity contribution is -0.149. The summed E-state index contributed by atoms with van der Waals surface area (Å²) >= 11 is 13.9. The standard InChI is InChI=1S/C31H40Cl2N4O7S/c1-31(2,3)44-35-28(38)26(17-21-7-9-22(10-8-21)43-18-23-24(32)5-4-6-25(23)33)34-29(39)27-19-45-20-37(27)30(40)42-16-13-36-11-14-41-15-12-36/h4-10,26-27H,11-20H2,1-3H3,(H,34,39)(H,35,38). The molecule has 2 N–H and O–H groups in total. The van der Waals surface area contributed by atoms with Crippen LogP contribution in [0.1, 0.15) is 31.9 Å². The van der Waals surface area contributed by atoms with E-state index in [1.165, 1.54) is 16.7 Å². The molecule has 11 nitrogen and oxygen atoms in total. The van der Waals surface area contributed by atoms with Crippen LogP contribution in [0.3, 0.4) is 0 Å². The van der Waals surface area contributed by atoms with Crippen molar-refractivity contribution in [3.05, 3.63) is 63.6 Å². The fraction of sp³-hybridized carbons (Fsp3) is 0.516. The van der Waals surface area contributed by atoms with Crippen LogP contribution in [0.4, 0.5) is 4.79 Å². The quantitative estimate of drug-likeness (QED) is 0.316. The lowest BCUT2D eigenvalue weighted by atomic mass is 10.0. The molecule has 0 bridgehead atoms. The zero-order valence-electron chi connectivity index (χ0n) is 25.7. The summed E-state index contributed by atoms with van der Waals surface area (Å²) < 4.78 is 16.7. The van der Waals surface area contributed by atoms with Gasteiger partial charge in [-0.3, -0.25) is 24.2 Å². The Kier molecular flexibility index (Phi) is 13.0. The Morgan fingerprint density at radius 2 is 1.76 bits per heavy atom. The molecule has 2 aliphatic rings. The maximum Gasteiger partial charge on any atom is 0.411 e. The topological polar surface area (TPSA) is 119 Å². The highest BCUT2D eigenvalue weighted by atomic mass is 35.5. The Morgan fingerprint density at radius 1 is 1.07 bits per heavy atom. The second-order valence-corrected chi connectivity index (χ2v) is 13.4. The van der Waals surface area contributed by atoms with E-state index >= 15 is 0 Å². The Morgan fingerprint density at radius 3 is 2.42 bits per heavy atom.